The van der Waals surface area contributed by atoms with Crippen LogP contribution in [0, 0.1) is 11.5 Å². The van der Waals surface area contributed by atoms with Gasteiger partial charge in [0, 0.05) is 12.4 Å². The van der Waals surface area contributed by atoms with Crippen molar-refractivity contribution in [2.24, 2.45) is 0 Å². The second-order valence-corrected chi connectivity index (χ2v) is 2.76. The summed E-state index contributed by atoms with van der Waals surface area (Å²) in [6, 6.07) is 1.70. The number of nitrogens with zero attached hydrogens (tertiary/aromatic N) is 2. The zero-order chi connectivity index (χ0) is 8.27. The van der Waals surface area contributed by atoms with E-state index in [0.29, 0.717) is 5.56 Å². The predicted octanol–water partition coefficient (Wildman–Crippen LogP) is 1.30. The van der Waals surface area contributed by atoms with E-state index in [-0.39, 0.29) is 5.91 Å². The quantitative estimate of drug-likeness (QED) is 0.466. The van der Waals surface area contributed by atoms with Crippen LogP contribution in [0.15, 0.2) is 16.8 Å². The maximum atomic E-state index is 11.1. The first-order chi connectivity index (χ1) is 5.25. The Hall–Kier alpha value is -1.34. The molecule has 11 heavy (non-hydrogen) atoms. The third-order valence-corrected chi connectivity index (χ3v) is 1.91. The number of rotatable bonds is 1. The van der Waals surface area contributed by atoms with Crippen molar-refractivity contribution in [2.45, 2.75) is 0 Å². The fraction of sp³-hybridized carbons (Fsp3) is 0.143. The van der Waals surface area contributed by atoms with Crippen LogP contribution in [0.1, 0.15) is 10.4 Å². The van der Waals surface area contributed by atoms with Gasteiger partial charge in [-0.3, -0.25) is 4.79 Å². The third kappa shape index (κ3) is 1.57. The summed E-state index contributed by atoms with van der Waals surface area (Å²) < 4.78 is 0. The highest BCUT2D eigenvalue weighted by Crippen LogP contribution is 2.07. The lowest BCUT2D eigenvalue weighted by Crippen LogP contribution is -2.20. The van der Waals surface area contributed by atoms with Gasteiger partial charge in [-0.05, 0) is 11.4 Å². The van der Waals surface area contributed by atoms with Crippen molar-refractivity contribution in [3.8, 4) is 6.19 Å². The number of hydrogen-bond acceptors (Lipinski definition) is 3. The van der Waals surface area contributed by atoms with E-state index in [1.165, 1.54) is 18.4 Å². The molecule has 56 valence electrons. The molecule has 0 aliphatic rings. The maximum absolute atomic E-state index is 11.1. The molecule has 1 aromatic heterocycles. The van der Waals surface area contributed by atoms with Crippen LogP contribution in [0.5, 0.6) is 0 Å². The first-order valence-electron chi connectivity index (χ1n) is 2.95. The fourth-order valence-electron chi connectivity index (χ4n) is 0.625. The zero-order valence-corrected chi connectivity index (χ0v) is 6.76. The van der Waals surface area contributed by atoms with Crippen molar-refractivity contribution in [3.63, 3.8) is 0 Å². The van der Waals surface area contributed by atoms with Crippen molar-refractivity contribution in [1.29, 1.82) is 5.26 Å². The van der Waals surface area contributed by atoms with Crippen LogP contribution in [0.2, 0.25) is 0 Å². The normalized spacial score (nSPS) is 8.73. The highest BCUT2D eigenvalue weighted by atomic mass is 32.1. The number of carbonyl (C=O) groups excluding carboxylic acids is 1. The monoisotopic (exact) mass is 166 g/mol. The molecule has 0 radical (unpaired) electrons. The predicted molar refractivity (Wildman–Crippen MR) is 42.0 cm³/mol. The highest BCUT2D eigenvalue weighted by molar-refractivity contribution is 7.08. The Labute approximate surface area is 68.5 Å². The topological polar surface area (TPSA) is 44.1 Å². The summed E-state index contributed by atoms with van der Waals surface area (Å²) in [7, 11) is 1.44. The minimum Gasteiger partial charge on any atom is -0.268 e. The summed E-state index contributed by atoms with van der Waals surface area (Å²) in [5.74, 6) is -0.256. The third-order valence-electron chi connectivity index (χ3n) is 1.22. The van der Waals surface area contributed by atoms with Gasteiger partial charge in [0.2, 0.25) is 0 Å². The van der Waals surface area contributed by atoms with Gasteiger partial charge in [-0.2, -0.15) is 16.6 Å². The Kier molecular flexibility index (Phi) is 2.24. The van der Waals surface area contributed by atoms with E-state index in [1.807, 2.05) is 0 Å². The number of hydrogen-bond donors (Lipinski definition) is 0. The molecule has 1 heterocycles. The molecule has 0 aliphatic heterocycles. The molecule has 0 saturated carbocycles. The lowest BCUT2D eigenvalue weighted by Gasteiger charge is -2.02. The van der Waals surface area contributed by atoms with Gasteiger partial charge in [-0.25, -0.2) is 4.90 Å². The van der Waals surface area contributed by atoms with Crippen LogP contribution < -0.4 is 0 Å². The molecule has 0 bridgehead atoms. The summed E-state index contributed by atoms with van der Waals surface area (Å²) >= 11 is 1.44. The molecule has 0 N–H and O–H groups in total. The summed E-state index contributed by atoms with van der Waals surface area (Å²) in [6.07, 6.45) is 1.74. The smallest absolute Gasteiger partial charge is 0.267 e. The van der Waals surface area contributed by atoms with Gasteiger partial charge in [-0.1, -0.05) is 0 Å². The molecule has 1 rings (SSSR count). The Balaban J connectivity index is 2.81. The standard InChI is InChI=1S/C7H6N2OS/c1-9(5-8)7(10)6-2-3-11-4-6/h2-4H,1H3. The molecule has 1 aromatic rings. The first-order valence-corrected chi connectivity index (χ1v) is 3.90. The molecular weight excluding hydrogens is 160 g/mol. The molecular formula is C7H6N2OS. The van der Waals surface area contributed by atoms with E-state index < -0.39 is 0 Å². The Morgan fingerprint density at radius 2 is 2.55 bits per heavy atom. The molecule has 0 unspecified atom stereocenters. The minimum atomic E-state index is -0.256. The fourth-order valence-corrected chi connectivity index (χ4v) is 1.25. The van der Waals surface area contributed by atoms with Crippen LogP contribution in [0.3, 0.4) is 0 Å². The molecule has 0 fully saturated rings. The van der Waals surface area contributed by atoms with Crippen LogP contribution >= 0.6 is 11.3 Å². The van der Waals surface area contributed by atoms with Crippen molar-refractivity contribution < 1.29 is 4.79 Å². The highest BCUT2D eigenvalue weighted by Gasteiger charge is 2.09. The second-order valence-electron chi connectivity index (χ2n) is 1.98. The van der Waals surface area contributed by atoms with Crippen molar-refractivity contribution >= 4 is 17.2 Å². The van der Waals surface area contributed by atoms with Crippen LogP contribution in [0.25, 0.3) is 0 Å². The van der Waals surface area contributed by atoms with E-state index in [9.17, 15) is 4.79 Å². The van der Waals surface area contributed by atoms with E-state index in [4.69, 9.17) is 5.26 Å². The van der Waals surface area contributed by atoms with Crippen LogP contribution in [-0.2, 0) is 0 Å². The lowest BCUT2D eigenvalue weighted by atomic mass is 10.3. The van der Waals surface area contributed by atoms with Crippen molar-refractivity contribution in [2.75, 3.05) is 7.05 Å². The summed E-state index contributed by atoms with van der Waals surface area (Å²) in [6.45, 7) is 0. The molecule has 0 aliphatic carbocycles. The van der Waals surface area contributed by atoms with Gasteiger partial charge in [0.15, 0.2) is 6.19 Å². The molecule has 3 nitrogen and oxygen atoms in total. The lowest BCUT2D eigenvalue weighted by molar-refractivity contribution is 0.0859. The van der Waals surface area contributed by atoms with Gasteiger partial charge in [0.05, 0.1) is 5.56 Å². The van der Waals surface area contributed by atoms with E-state index in [1.54, 1.807) is 23.0 Å². The number of carbonyl (C=O) groups is 1. The Morgan fingerprint density at radius 1 is 1.82 bits per heavy atom. The summed E-state index contributed by atoms with van der Waals surface area (Å²) in [5.41, 5.74) is 0.569. The van der Waals surface area contributed by atoms with E-state index >= 15 is 0 Å². The molecule has 0 saturated heterocycles. The Morgan fingerprint density at radius 3 is 3.00 bits per heavy atom. The second kappa shape index (κ2) is 3.17. The first kappa shape index (κ1) is 7.76. The minimum absolute atomic E-state index is 0.256. The average molecular weight is 166 g/mol. The van der Waals surface area contributed by atoms with Crippen molar-refractivity contribution in [3.05, 3.63) is 22.4 Å². The van der Waals surface area contributed by atoms with Gasteiger partial charge in [0.1, 0.15) is 0 Å². The molecule has 0 atom stereocenters. The van der Waals surface area contributed by atoms with Gasteiger partial charge in [-0.15, -0.1) is 0 Å². The van der Waals surface area contributed by atoms with Crippen LogP contribution in [0.4, 0.5) is 0 Å². The van der Waals surface area contributed by atoms with E-state index in [0.717, 1.165) is 4.90 Å². The van der Waals surface area contributed by atoms with Gasteiger partial charge >= 0.3 is 0 Å². The zero-order valence-electron chi connectivity index (χ0n) is 5.94. The molecule has 0 spiro atoms. The van der Waals surface area contributed by atoms with Gasteiger partial charge in [0.25, 0.3) is 5.91 Å². The molecule has 1 amide bonds. The summed E-state index contributed by atoms with van der Waals surface area (Å²) in [5, 5.41) is 11.9. The average Bonchev–Trinajstić information content (AvgIpc) is 2.53. The molecule has 0 aromatic carbocycles. The SMILES string of the molecule is CN(C#N)C(=O)c1ccsc1. The van der Waals surface area contributed by atoms with E-state index in [2.05, 4.69) is 0 Å². The largest absolute Gasteiger partial charge is 0.268 e. The number of nitriles is 1. The number of thiophene rings is 1. The summed E-state index contributed by atoms with van der Waals surface area (Å²) in [4.78, 5) is 12.1. The van der Waals surface area contributed by atoms with Gasteiger partial charge < -0.3 is 0 Å². The van der Waals surface area contributed by atoms with Crippen molar-refractivity contribution in [1.82, 2.24) is 4.90 Å². The molecule has 4 heteroatoms. The maximum Gasteiger partial charge on any atom is 0.267 e. The Bertz CT molecular complexity index is 286. The number of amides is 1. The van der Waals surface area contributed by atoms with Crippen LogP contribution in [-0.4, -0.2) is 17.9 Å².